The summed E-state index contributed by atoms with van der Waals surface area (Å²) in [6.07, 6.45) is 6.55. The van der Waals surface area contributed by atoms with E-state index in [0.717, 1.165) is 25.7 Å². The number of methoxy groups -OCH3 is 1. The Labute approximate surface area is 206 Å². The Bertz CT molecular complexity index is 939. The van der Waals surface area contributed by atoms with E-state index >= 15 is 0 Å². The van der Waals surface area contributed by atoms with Crippen molar-refractivity contribution in [2.24, 2.45) is 0 Å². The minimum Gasteiger partial charge on any atom is -0.494 e. The van der Waals surface area contributed by atoms with E-state index in [-0.39, 0.29) is 37.4 Å². The third-order valence-corrected chi connectivity index (χ3v) is 6.02. The maximum Gasteiger partial charge on any atom is 0.287 e. The molecule has 1 heterocycles. The molecule has 2 N–H and O–H groups in total. The molecule has 35 heavy (non-hydrogen) atoms. The third kappa shape index (κ3) is 7.58. The van der Waals surface area contributed by atoms with Gasteiger partial charge in [-0.3, -0.25) is 14.4 Å². The lowest BCUT2D eigenvalue weighted by Crippen LogP contribution is -2.50. The predicted octanol–water partition coefficient (Wildman–Crippen LogP) is 3.07. The highest BCUT2D eigenvalue weighted by Gasteiger charge is 2.33. The smallest absolute Gasteiger partial charge is 0.287 e. The molecule has 0 bridgehead atoms. The Morgan fingerprint density at radius 1 is 1.11 bits per heavy atom. The molecular weight excluding hydrogens is 450 g/mol. The number of carbonyl (C=O) groups is 3. The molecule has 9 heteroatoms. The van der Waals surface area contributed by atoms with Crippen LogP contribution in [-0.4, -0.2) is 62.1 Å². The van der Waals surface area contributed by atoms with Crippen LogP contribution in [0.25, 0.3) is 0 Å². The Hall–Kier alpha value is -3.33. The number of carbonyl (C=O) groups excluding carboxylic acids is 3. The number of hydrogen-bond acceptors (Lipinski definition) is 6. The van der Waals surface area contributed by atoms with Crippen molar-refractivity contribution in [1.29, 1.82) is 0 Å². The van der Waals surface area contributed by atoms with E-state index < -0.39 is 17.9 Å². The maximum atomic E-state index is 13.6. The quantitative estimate of drug-likeness (QED) is 0.478. The van der Waals surface area contributed by atoms with Crippen molar-refractivity contribution in [2.45, 2.75) is 51.1 Å². The molecule has 3 amide bonds. The first-order valence-corrected chi connectivity index (χ1v) is 12.2. The fourth-order valence-electron chi connectivity index (χ4n) is 4.25. The number of amides is 3. The standard InChI is InChI=1S/C26H35N3O6/c1-3-34-21-13-11-19(12-14-21)24(26(32)28-20-8-5-4-6-9-20)29(15-17-33-2)23(30)18-27-25(31)22-10-7-16-35-22/h7,10-14,16,20,24H,3-6,8-9,15,17-18H2,1-2H3,(H,27,31)(H,28,32). The van der Waals surface area contributed by atoms with Crippen LogP contribution in [0.4, 0.5) is 0 Å². The van der Waals surface area contributed by atoms with E-state index in [9.17, 15) is 14.4 Å². The molecule has 1 unspecified atom stereocenters. The lowest BCUT2D eigenvalue weighted by molar-refractivity contribution is -0.141. The number of nitrogens with one attached hydrogen (secondary N) is 2. The highest BCUT2D eigenvalue weighted by molar-refractivity contribution is 5.95. The van der Waals surface area contributed by atoms with E-state index in [2.05, 4.69) is 10.6 Å². The molecular formula is C26H35N3O6. The van der Waals surface area contributed by atoms with Gasteiger partial charge in [0.2, 0.25) is 11.8 Å². The molecule has 3 rings (SSSR count). The summed E-state index contributed by atoms with van der Waals surface area (Å²) in [5.74, 6) is -0.357. The van der Waals surface area contributed by atoms with Crippen molar-refractivity contribution in [2.75, 3.05) is 33.4 Å². The zero-order chi connectivity index (χ0) is 25.0. The van der Waals surface area contributed by atoms with Crippen LogP contribution in [0, 0.1) is 0 Å². The predicted molar refractivity (Wildman–Crippen MR) is 130 cm³/mol. The molecule has 190 valence electrons. The first-order chi connectivity index (χ1) is 17.0. The lowest BCUT2D eigenvalue weighted by atomic mass is 9.94. The van der Waals surface area contributed by atoms with Gasteiger partial charge in [0.05, 0.1) is 26.0 Å². The molecule has 0 spiro atoms. The maximum absolute atomic E-state index is 13.6. The second-order valence-electron chi connectivity index (χ2n) is 8.49. The van der Waals surface area contributed by atoms with E-state index in [1.165, 1.54) is 30.8 Å². The average molecular weight is 486 g/mol. The molecule has 1 fully saturated rings. The van der Waals surface area contributed by atoms with Gasteiger partial charge >= 0.3 is 0 Å². The molecule has 2 aromatic rings. The van der Waals surface area contributed by atoms with Crippen LogP contribution < -0.4 is 15.4 Å². The van der Waals surface area contributed by atoms with Crippen LogP contribution in [0.15, 0.2) is 47.1 Å². The Morgan fingerprint density at radius 3 is 2.49 bits per heavy atom. The third-order valence-electron chi connectivity index (χ3n) is 6.02. The largest absolute Gasteiger partial charge is 0.494 e. The first kappa shape index (κ1) is 26.3. The van der Waals surface area contributed by atoms with Crippen molar-refractivity contribution in [3.8, 4) is 5.75 Å². The van der Waals surface area contributed by atoms with Crippen LogP contribution in [0.1, 0.15) is 61.2 Å². The Morgan fingerprint density at radius 2 is 1.86 bits per heavy atom. The summed E-state index contributed by atoms with van der Waals surface area (Å²) in [7, 11) is 1.54. The molecule has 1 aromatic carbocycles. The van der Waals surface area contributed by atoms with Gasteiger partial charge in [-0.1, -0.05) is 31.4 Å². The van der Waals surface area contributed by atoms with E-state index in [0.29, 0.717) is 17.9 Å². The molecule has 9 nitrogen and oxygen atoms in total. The van der Waals surface area contributed by atoms with Crippen molar-refractivity contribution >= 4 is 17.7 Å². The summed E-state index contributed by atoms with van der Waals surface area (Å²) in [6.45, 7) is 2.56. The summed E-state index contributed by atoms with van der Waals surface area (Å²) >= 11 is 0. The minimum atomic E-state index is -0.879. The Kier molecular flexibility index (Phi) is 10.2. The number of nitrogens with zero attached hydrogens (tertiary/aromatic N) is 1. The van der Waals surface area contributed by atoms with Gasteiger partial charge in [-0.05, 0) is 49.6 Å². The molecule has 0 saturated heterocycles. The van der Waals surface area contributed by atoms with Gasteiger partial charge in [0.15, 0.2) is 5.76 Å². The molecule has 1 aliphatic rings. The fourth-order valence-corrected chi connectivity index (χ4v) is 4.25. The fraction of sp³-hybridized carbons (Fsp3) is 0.500. The number of hydrogen-bond donors (Lipinski definition) is 2. The lowest BCUT2D eigenvalue weighted by Gasteiger charge is -2.33. The summed E-state index contributed by atoms with van der Waals surface area (Å²) in [6, 6.07) is 9.49. The van der Waals surface area contributed by atoms with Crippen LogP contribution in [-0.2, 0) is 14.3 Å². The van der Waals surface area contributed by atoms with Gasteiger partial charge in [0, 0.05) is 19.7 Å². The number of benzene rings is 1. The van der Waals surface area contributed by atoms with Crippen molar-refractivity contribution in [3.05, 3.63) is 54.0 Å². The second kappa shape index (κ2) is 13.5. The average Bonchev–Trinajstić information content (AvgIpc) is 3.41. The summed E-state index contributed by atoms with van der Waals surface area (Å²) in [5, 5.41) is 5.73. The topological polar surface area (TPSA) is 110 Å². The second-order valence-corrected chi connectivity index (χ2v) is 8.49. The zero-order valence-electron chi connectivity index (χ0n) is 20.5. The van der Waals surface area contributed by atoms with E-state index in [1.54, 1.807) is 30.3 Å². The molecule has 1 saturated carbocycles. The van der Waals surface area contributed by atoms with Gasteiger partial charge in [-0.2, -0.15) is 0 Å². The molecule has 1 aliphatic carbocycles. The summed E-state index contributed by atoms with van der Waals surface area (Å²) in [5.41, 5.74) is 0.656. The van der Waals surface area contributed by atoms with Crippen LogP contribution in [0.5, 0.6) is 5.75 Å². The highest BCUT2D eigenvalue weighted by Crippen LogP contribution is 2.26. The number of furan rings is 1. The Balaban J connectivity index is 1.83. The summed E-state index contributed by atoms with van der Waals surface area (Å²) < 4.78 is 15.9. The van der Waals surface area contributed by atoms with Crippen molar-refractivity contribution in [3.63, 3.8) is 0 Å². The number of ether oxygens (including phenoxy) is 2. The molecule has 0 aliphatic heterocycles. The number of rotatable bonds is 12. The van der Waals surface area contributed by atoms with Crippen molar-refractivity contribution < 1.29 is 28.3 Å². The molecule has 0 radical (unpaired) electrons. The normalized spacial score (nSPS) is 14.7. The van der Waals surface area contributed by atoms with Crippen LogP contribution in [0.3, 0.4) is 0 Å². The van der Waals surface area contributed by atoms with E-state index in [1.807, 2.05) is 6.92 Å². The highest BCUT2D eigenvalue weighted by atomic mass is 16.5. The summed E-state index contributed by atoms with van der Waals surface area (Å²) in [4.78, 5) is 40.6. The van der Waals surface area contributed by atoms with Crippen LogP contribution in [0.2, 0.25) is 0 Å². The first-order valence-electron chi connectivity index (χ1n) is 12.2. The van der Waals surface area contributed by atoms with Crippen LogP contribution >= 0.6 is 0 Å². The van der Waals surface area contributed by atoms with Gasteiger partial charge < -0.3 is 29.4 Å². The van der Waals surface area contributed by atoms with Gasteiger partial charge in [-0.25, -0.2) is 0 Å². The van der Waals surface area contributed by atoms with Gasteiger partial charge in [-0.15, -0.1) is 0 Å². The van der Waals surface area contributed by atoms with Gasteiger partial charge in [0.25, 0.3) is 5.91 Å². The molecule has 1 atom stereocenters. The molecule has 1 aromatic heterocycles. The van der Waals surface area contributed by atoms with Gasteiger partial charge in [0.1, 0.15) is 11.8 Å². The van der Waals surface area contributed by atoms with E-state index in [4.69, 9.17) is 13.9 Å². The monoisotopic (exact) mass is 485 g/mol. The van der Waals surface area contributed by atoms with Crippen molar-refractivity contribution in [1.82, 2.24) is 15.5 Å². The zero-order valence-corrected chi connectivity index (χ0v) is 20.5. The minimum absolute atomic E-state index is 0.0829. The SMILES string of the molecule is CCOc1ccc(C(C(=O)NC2CCCCC2)N(CCOC)C(=O)CNC(=O)c2ccco2)cc1.